The summed E-state index contributed by atoms with van der Waals surface area (Å²) in [5.74, 6) is 0.189. The Morgan fingerprint density at radius 2 is 1.65 bits per heavy atom. The van der Waals surface area contributed by atoms with E-state index in [-0.39, 0.29) is 24.2 Å². The minimum Gasteiger partial charge on any atom is -0.339 e. The predicted octanol–water partition coefficient (Wildman–Crippen LogP) is 1.12. The first-order chi connectivity index (χ1) is 10.5. The zero-order chi connectivity index (χ0) is 15.7. The van der Waals surface area contributed by atoms with Crippen LogP contribution >= 0.6 is 12.4 Å². The number of carbonyl (C=O) groups excluding carboxylic acids is 2. The van der Waals surface area contributed by atoms with Crippen LogP contribution in [0.3, 0.4) is 0 Å². The molecule has 2 amide bonds. The van der Waals surface area contributed by atoms with E-state index in [0.717, 1.165) is 24.0 Å². The maximum absolute atomic E-state index is 12.4. The summed E-state index contributed by atoms with van der Waals surface area (Å²) in [6, 6.07) is 7.96. The average molecular weight is 338 g/mol. The zero-order valence-electron chi connectivity index (χ0n) is 13.5. The van der Waals surface area contributed by atoms with Crippen LogP contribution in [-0.4, -0.2) is 53.3 Å². The fourth-order valence-electron chi connectivity index (χ4n) is 2.91. The molecule has 0 radical (unpaired) electrons. The van der Waals surface area contributed by atoms with Gasteiger partial charge < -0.3 is 15.5 Å². The second kappa shape index (κ2) is 6.89. The standard InChI is InChI=1S/C17H23N3O2.ClH/c1-13-4-2-3-5-14(13)12-15(21)19-8-10-20(11-9-19)16(22)17(18)6-7-17;/h2-5H,6-12,18H2,1H3;1H. The van der Waals surface area contributed by atoms with Crippen molar-refractivity contribution < 1.29 is 9.59 Å². The molecule has 1 aliphatic heterocycles. The lowest BCUT2D eigenvalue weighted by molar-refractivity contribution is -0.140. The Kier molecular flexibility index (Phi) is 5.32. The molecule has 2 aliphatic rings. The van der Waals surface area contributed by atoms with Crippen LogP contribution in [0.5, 0.6) is 0 Å². The number of hydrogen-bond acceptors (Lipinski definition) is 3. The van der Waals surface area contributed by atoms with E-state index in [0.29, 0.717) is 32.6 Å². The van der Waals surface area contributed by atoms with Crippen molar-refractivity contribution in [3.63, 3.8) is 0 Å². The van der Waals surface area contributed by atoms with Crippen molar-refractivity contribution in [3.8, 4) is 0 Å². The molecule has 126 valence electrons. The highest BCUT2D eigenvalue weighted by atomic mass is 35.5. The topological polar surface area (TPSA) is 66.6 Å². The highest BCUT2D eigenvalue weighted by Gasteiger charge is 2.48. The van der Waals surface area contributed by atoms with Crippen LogP contribution in [0.15, 0.2) is 24.3 Å². The third kappa shape index (κ3) is 3.85. The van der Waals surface area contributed by atoms with Gasteiger partial charge in [-0.2, -0.15) is 0 Å². The van der Waals surface area contributed by atoms with Crippen LogP contribution in [0.1, 0.15) is 24.0 Å². The Balaban J connectivity index is 0.00000192. The fourth-order valence-corrected chi connectivity index (χ4v) is 2.91. The van der Waals surface area contributed by atoms with Crippen LogP contribution in [0.4, 0.5) is 0 Å². The quantitative estimate of drug-likeness (QED) is 0.899. The van der Waals surface area contributed by atoms with Crippen LogP contribution in [0, 0.1) is 6.92 Å². The maximum atomic E-state index is 12.4. The number of rotatable bonds is 3. The first kappa shape index (κ1) is 17.8. The molecule has 1 aromatic rings. The molecule has 0 aromatic heterocycles. The number of aryl methyl sites for hydroxylation is 1. The summed E-state index contributed by atoms with van der Waals surface area (Å²) in [7, 11) is 0. The molecular weight excluding hydrogens is 314 g/mol. The number of nitrogens with two attached hydrogens (primary N) is 1. The van der Waals surface area contributed by atoms with Gasteiger partial charge in [0.1, 0.15) is 0 Å². The highest BCUT2D eigenvalue weighted by molar-refractivity contribution is 5.89. The molecule has 0 atom stereocenters. The van der Waals surface area contributed by atoms with Crippen molar-refractivity contribution in [1.29, 1.82) is 0 Å². The van der Waals surface area contributed by atoms with Crippen LogP contribution in [0.2, 0.25) is 0 Å². The molecule has 3 rings (SSSR count). The third-order valence-electron chi connectivity index (χ3n) is 4.74. The van der Waals surface area contributed by atoms with Gasteiger partial charge >= 0.3 is 0 Å². The normalized spacial score (nSPS) is 19.0. The lowest BCUT2D eigenvalue weighted by Gasteiger charge is -2.36. The van der Waals surface area contributed by atoms with E-state index < -0.39 is 5.54 Å². The molecule has 5 nitrogen and oxygen atoms in total. The van der Waals surface area contributed by atoms with Gasteiger partial charge in [0, 0.05) is 26.2 Å². The van der Waals surface area contributed by atoms with Crippen molar-refractivity contribution in [3.05, 3.63) is 35.4 Å². The van der Waals surface area contributed by atoms with Crippen molar-refractivity contribution in [1.82, 2.24) is 9.80 Å². The Morgan fingerprint density at radius 1 is 1.09 bits per heavy atom. The molecule has 0 unspecified atom stereocenters. The molecule has 0 bridgehead atoms. The summed E-state index contributed by atoms with van der Waals surface area (Å²) < 4.78 is 0. The smallest absolute Gasteiger partial charge is 0.242 e. The molecule has 23 heavy (non-hydrogen) atoms. The van der Waals surface area contributed by atoms with Gasteiger partial charge in [-0.1, -0.05) is 24.3 Å². The van der Waals surface area contributed by atoms with E-state index in [4.69, 9.17) is 5.73 Å². The molecule has 1 saturated carbocycles. The van der Waals surface area contributed by atoms with Gasteiger partial charge in [0.25, 0.3) is 0 Å². The number of halogens is 1. The van der Waals surface area contributed by atoms with E-state index >= 15 is 0 Å². The van der Waals surface area contributed by atoms with Crippen LogP contribution in [-0.2, 0) is 16.0 Å². The number of amides is 2. The molecule has 1 aromatic carbocycles. The average Bonchev–Trinajstić information content (AvgIpc) is 3.28. The highest BCUT2D eigenvalue weighted by Crippen LogP contribution is 2.34. The Bertz CT molecular complexity index is 593. The lowest BCUT2D eigenvalue weighted by Crippen LogP contribution is -2.55. The second-order valence-electron chi connectivity index (χ2n) is 6.43. The van der Waals surface area contributed by atoms with E-state index in [9.17, 15) is 9.59 Å². The Labute approximate surface area is 143 Å². The molecule has 2 fully saturated rings. The SMILES string of the molecule is Cc1ccccc1CC(=O)N1CCN(C(=O)C2(N)CC2)CC1.Cl. The van der Waals surface area contributed by atoms with Crippen molar-refractivity contribution in [2.75, 3.05) is 26.2 Å². The number of benzene rings is 1. The minimum absolute atomic E-state index is 0. The van der Waals surface area contributed by atoms with Gasteiger partial charge in [-0.3, -0.25) is 9.59 Å². The van der Waals surface area contributed by atoms with Gasteiger partial charge in [0.05, 0.1) is 12.0 Å². The Morgan fingerprint density at radius 3 is 2.22 bits per heavy atom. The predicted molar refractivity (Wildman–Crippen MR) is 91.4 cm³/mol. The Hall–Kier alpha value is -1.59. The summed E-state index contributed by atoms with van der Waals surface area (Å²) in [5, 5.41) is 0. The fraction of sp³-hybridized carbons (Fsp3) is 0.529. The molecule has 1 heterocycles. The van der Waals surface area contributed by atoms with Gasteiger partial charge in [0.15, 0.2) is 0 Å². The van der Waals surface area contributed by atoms with Gasteiger partial charge in [-0.05, 0) is 30.9 Å². The molecule has 1 saturated heterocycles. The van der Waals surface area contributed by atoms with Crippen LogP contribution in [0.25, 0.3) is 0 Å². The summed E-state index contributed by atoms with van der Waals surface area (Å²) in [6.45, 7) is 4.42. The van der Waals surface area contributed by atoms with Crippen molar-refractivity contribution in [2.24, 2.45) is 5.73 Å². The summed E-state index contributed by atoms with van der Waals surface area (Å²) in [5.41, 5.74) is 7.57. The third-order valence-corrected chi connectivity index (χ3v) is 4.74. The number of piperazine rings is 1. The monoisotopic (exact) mass is 337 g/mol. The van der Waals surface area contributed by atoms with E-state index in [2.05, 4.69) is 0 Å². The van der Waals surface area contributed by atoms with E-state index in [1.54, 1.807) is 0 Å². The summed E-state index contributed by atoms with van der Waals surface area (Å²) in [4.78, 5) is 28.3. The molecule has 2 N–H and O–H groups in total. The molecular formula is C17H24ClN3O2. The summed E-state index contributed by atoms with van der Waals surface area (Å²) in [6.07, 6.45) is 2.01. The first-order valence-electron chi connectivity index (χ1n) is 7.90. The van der Waals surface area contributed by atoms with Crippen molar-refractivity contribution >= 4 is 24.2 Å². The molecule has 0 spiro atoms. The second-order valence-corrected chi connectivity index (χ2v) is 6.43. The van der Waals surface area contributed by atoms with E-state index in [1.807, 2.05) is 41.0 Å². The zero-order valence-corrected chi connectivity index (χ0v) is 14.3. The first-order valence-corrected chi connectivity index (χ1v) is 7.90. The number of hydrogen-bond donors (Lipinski definition) is 1. The molecule has 1 aliphatic carbocycles. The minimum atomic E-state index is -0.604. The van der Waals surface area contributed by atoms with Gasteiger partial charge in [-0.25, -0.2) is 0 Å². The molecule has 6 heteroatoms. The lowest BCUT2D eigenvalue weighted by atomic mass is 10.1. The largest absolute Gasteiger partial charge is 0.339 e. The van der Waals surface area contributed by atoms with Crippen molar-refractivity contribution in [2.45, 2.75) is 31.7 Å². The van der Waals surface area contributed by atoms with Gasteiger partial charge in [-0.15, -0.1) is 12.4 Å². The summed E-state index contributed by atoms with van der Waals surface area (Å²) >= 11 is 0. The van der Waals surface area contributed by atoms with E-state index in [1.165, 1.54) is 0 Å². The van der Waals surface area contributed by atoms with Gasteiger partial charge in [0.2, 0.25) is 11.8 Å². The maximum Gasteiger partial charge on any atom is 0.242 e. The number of carbonyl (C=O) groups is 2. The van der Waals surface area contributed by atoms with Crippen LogP contribution < -0.4 is 5.73 Å². The number of nitrogens with zero attached hydrogens (tertiary/aromatic N) is 2.